The van der Waals surface area contributed by atoms with Crippen LogP contribution in [0.1, 0.15) is 47.8 Å². The van der Waals surface area contributed by atoms with E-state index in [1.807, 2.05) is 68.4 Å². The minimum absolute atomic E-state index is 0.276. The molecular weight excluding hydrogens is 418 g/mol. The third-order valence-corrected chi connectivity index (χ3v) is 6.89. The minimum Gasteiger partial charge on any atom is -0.468 e. The number of imide groups is 1. The molecule has 0 N–H and O–H groups in total. The highest BCUT2D eigenvalue weighted by atomic mass is 32.2. The van der Waals surface area contributed by atoms with Crippen molar-refractivity contribution in [2.45, 2.75) is 45.8 Å². The fourth-order valence-electron chi connectivity index (χ4n) is 3.76. The van der Waals surface area contributed by atoms with Gasteiger partial charge in [0.15, 0.2) is 0 Å². The maximum atomic E-state index is 13.6. The Morgan fingerprint density at radius 1 is 0.938 bits per heavy atom. The lowest BCUT2D eigenvalue weighted by Crippen LogP contribution is -2.31. The van der Waals surface area contributed by atoms with E-state index in [1.165, 1.54) is 22.2 Å². The van der Waals surface area contributed by atoms with Gasteiger partial charge in [-0.15, -0.1) is 11.8 Å². The monoisotopic (exact) mass is 445 g/mol. The molecule has 5 heteroatoms. The van der Waals surface area contributed by atoms with E-state index in [0.29, 0.717) is 21.9 Å². The molecule has 1 aromatic heterocycles. The van der Waals surface area contributed by atoms with Gasteiger partial charge in [-0.1, -0.05) is 43.7 Å². The van der Waals surface area contributed by atoms with Crippen molar-refractivity contribution in [1.82, 2.24) is 0 Å². The summed E-state index contributed by atoms with van der Waals surface area (Å²) in [6.45, 7) is 6.22. The highest BCUT2D eigenvalue weighted by Gasteiger charge is 2.40. The van der Waals surface area contributed by atoms with Crippen molar-refractivity contribution in [1.29, 1.82) is 0 Å². The molecular formula is C27H27NO3S. The first kappa shape index (κ1) is 22.2. The van der Waals surface area contributed by atoms with Crippen molar-refractivity contribution < 1.29 is 14.0 Å². The van der Waals surface area contributed by atoms with E-state index in [4.69, 9.17) is 4.42 Å². The average molecular weight is 446 g/mol. The molecule has 2 heterocycles. The van der Waals surface area contributed by atoms with Crippen molar-refractivity contribution in [3.05, 3.63) is 93.8 Å². The molecule has 0 radical (unpaired) electrons. The predicted octanol–water partition coefficient (Wildman–Crippen LogP) is 6.46. The number of benzene rings is 2. The molecule has 2 aromatic carbocycles. The zero-order chi connectivity index (χ0) is 22.7. The number of aryl methyl sites for hydroxylation is 3. The number of nitrogens with zero attached hydrogens (tertiary/aromatic N) is 1. The number of carbonyl (C=O) groups excluding carboxylic acids is 2. The summed E-state index contributed by atoms with van der Waals surface area (Å²) in [5, 5.41) is 0. The quantitative estimate of drug-likeness (QED) is 0.374. The maximum absolute atomic E-state index is 13.6. The molecule has 2 amide bonds. The summed E-state index contributed by atoms with van der Waals surface area (Å²) >= 11 is 1.35. The smallest absolute Gasteiger partial charge is 0.272 e. The molecule has 0 bridgehead atoms. The lowest BCUT2D eigenvalue weighted by Gasteiger charge is -2.16. The SMILES string of the molecule is CCCCc1ccc(N2C(=O)C(SCc3ccco3)=C(c3ccc(C)c(C)c3)C2=O)cc1. The summed E-state index contributed by atoms with van der Waals surface area (Å²) in [5.41, 5.74) is 5.29. The van der Waals surface area contributed by atoms with Crippen LogP contribution in [0.4, 0.5) is 5.69 Å². The van der Waals surface area contributed by atoms with Crippen LogP contribution in [0.2, 0.25) is 0 Å². The fourth-order valence-corrected chi connectivity index (χ4v) is 4.78. The highest BCUT2D eigenvalue weighted by molar-refractivity contribution is 8.03. The van der Waals surface area contributed by atoms with Crippen molar-refractivity contribution in [3.63, 3.8) is 0 Å². The topological polar surface area (TPSA) is 50.5 Å². The Morgan fingerprint density at radius 3 is 2.38 bits per heavy atom. The van der Waals surface area contributed by atoms with Crippen LogP contribution >= 0.6 is 11.8 Å². The van der Waals surface area contributed by atoms with Crippen LogP contribution in [0.25, 0.3) is 5.57 Å². The van der Waals surface area contributed by atoms with Crippen LogP contribution in [0, 0.1) is 13.8 Å². The zero-order valence-corrected chi connectivity index (χ0v) is 19.5. The number of amides is 2. The molecule has 0 saturated heterocycles. The van der Waals surface area contributed by atoms with E-state index >= 15 is 0 Å². The average Bonchev–Trinajstić information content (AvgIpc) is 3.39. The third-order valence-electron chi connectivity index (χ3n) is 5.79. The summed E-state index contributed by atoms with van der Waals surface area (Å²) in [5.74, 6) is 0.697. The largest absolute Gasteiger partial charge is 0.468 e. The van der Waals surface area contributed by atoms with Gasteiger partial charge in [0.2, 0.25) is 0 Å². The first-order valence-corrected chi connectivity index (χ1v) is 11.9. The maximum Gasteiger partial charge on any atom is 0.272 e. The minimum atomic E-state index is -0.277. The number of unbranched alkanes of at least 4 members (excludes halogenated alkanes) is 1. The van der Waals surface area contributed by atoms with Gasteiger partial charge >= 0.3 is 0 Å². The van der Waals surface area contributed by atoms with Gasteiger partial charge in [0.1, 0.15) is 5.76 Å². The van der Waals surface area contributed by atoms with Crippen molar-refractivity contribution >= 4 is 34.8 Å². The summed E-state index contributed by atoms with van der Waals surface area (Å²) in [6, 6.07) is 17.4. The number of hydrogen-bond donors (Lipinski definition) is 0. The standard InChI is InChI=1S/C27H27NO3S/c1-4-5-7-20-10-13-22(14-11-20)28-26(29)24(21-12-9-18(2)19(3)16-21)25(27(28)30)32-17-23-8-6-15-31-23/h6,8-16H,4-5,7,17H2,1-3H3. The normalized spacial score (nSPS) is 14.0. The van der Waals surface area contributed by atoms with Gasteiger partial charge in [-0.2, -0.15) is 0 Å². The zero-order valence-electron chi connectivity index (χ0n) is 18.7. The van der Waals surface area contributed by atoms with Gasteiger partial charge in [0, 0.05) is 0 Å². The van der Waals surface area contributed by atoms with Crippen molar-refractivity contribution in [3.8, 4) is 0 Å². The summed E-state index contributed by atoms with van der Waals surface area (Å²) < 4.78 is 5.43. The second-order valence-corrected chi connectivity index (χ2v) is 9.07. The Hall–Kier alpha value is -3.05. The molecule has 32 heavy (non-hydrogen) atoms. The van der Waals surface area contributed by atoms with E-state index in [9.17, 15) is 9.59 Å². The second-order valence-electron chi connectivity index (χ2n) is 8.09. The van der Waals surface area contributed by atoms with Crippen LogP contribution in [-0.4, -0.2) is 11.8 Å². The summed E-state index contributed by atoms with van der Waals surface area (Å²) in [7, 11) is 0. The number of anilines is 1. The number of rotatable bonds is 8. The molecule has 0 aliphatic carbocycles. The number of hydrogen-bond acceptors (Lipinski definition) is 4. The number of thioether (sulfide) groups is 1. The molecule has 0 unspecified atom stereocenters. The first-order chi connectivity index (χ1) is 15.5. The van der Waals surface area contributed by atoms with Crippen molar-refractivity contribution in [2.75, 3.05) is 4.90 Å². The van der Waals surface area contributed by atoms with E-state index in [0.717, 1.165) is 41.7 Å². The lowest BCUT2D eigenvalue weighted by atomic mass is 10.0. The van der Waals surface area contributed by atoms with Crippen LogP contribution in [0.3, 0.4) is 0 Å². The Labute approximate surface area is 193 Å². The van der Waals surface area contributed by atoms with Crippen LogP contribution in [0.5, 0.6) is 0 Å². The molecule has 0 saturated carbocycles. The van der Waals surface area contributed by atoms with Gasteiger partial charge in [-0.05, 0) is 73.2 Å². The number of furan rings is 1. The molecule has 4 rings (SSSR count). The molecule has 0 fully saturated rings. The van der Waals surface area contributed by atoms with E-state index in [2.05, 4.69) is 6.92 Å². The summed E-state index contributed by atoms with van der Waals surface area (Å²) in [6.07, 6.45) is 4.86. The van der Waals surface area contributed by atoms with Gasteiger partial charge in [0.05, 0.1) is 28.2 Å². The van der Waals surface area contributed by atoms with E-state index < -0.39 is 0 Å². The van der Waals surface area contributed by atoms with E-state index in [-0.39, 0.29) is 11.8 Å². The molecule has 1 aliphatic heterocycles. The summed E-state index contributed by atoms with van der Waals surface area (Å²) in [4.78, 5) is 28.8. The molecule has 0 atom stereocenters. The fraction of sp³-hybridized carbons (Fsp3) is 0.259. The van der Waals surface area contributed by atoms with E-state index in [1.54, 1.807) is 6.26 Å². The Balaban J connectivity index is 1.69. The van der Waals surface area contributed by atoms with Gasteiger partial charge in [-0.25, -0.2) is 4.90 Å². The van der Waals surface area contributed by atoms with Gasteiger partial charge in [0.25, 0.3) is 11.8 Å². The lowest BCUT2D eigenvalue weighted by molar-refractivity contribution is -0.119. The Bertz CT molecular complexity index is 1160. The highest BCUT2D eigenvalue weighted by Crippen LogP contribution is 2.40. The molecule has 4 nitrogen and oxygen atoms in total. The number of carbonyl (C=O) groups is 2. The van der Waals surface area contributed by atoms with Crippen LogP contribution in [0.15, 0.2) is 70.2 Å². The van der Waals surface area contributed by atoms with Crippen LogP contribution in [-0.2, 0) is 21.8 Å². The van der Waals surface area contributed by atoms with Gasteiger partial charge < -0.3 is 4.42 Å². The van der Waals surface area contributed by atoms with Crippen molar-refractivity contribution in [2.24, 2.45) is 0 Å². The Kier molecular flexibility index (Phi) is 6.66. The van der Waals surface area contributed by atoms with Gasteiger partial charge in [-0.3, -0.25) is 9.59 Å². The second kappa shape index (κ2) is 9.61. The molecule has 3 aromatic rings. The molecule has 164 valence electrons. The van der Waals surface area contributed by atoms with Crippen LogP contribution < -0.4 is 4.90 Å². The third kappa shape index (κ3) is 4.44. The molecule has 0 spiro atoms. The molecule has 1 aliphatic rings. The first-order valence-electron chi connectivity index (χ1n) is 10.9. The Morgan fingerprint density at radius 2 is 1.72 bits per heavy atom. The predicted molar refractivity (Wildman–Crippen MR) is 130 cm³/mol.